The van der Waals surface area contributed by atoms with Crippen LogP contribution in [0.2, 0.25) is 0 Å². The monoisotopic (exact) mass is 287 g/mol. The predicted molar refractivity (Wildman–Crippen MR) is 62.1 cm³/mol. The number of aryl methyl sites for hydroxylation is 1. The number of hydrogen-bond acceptors (Lipinski definition) is 3. The van der Waals surface area contributed by atoms with Crippen LogP contribution >= 0.6 is 15.9 Å². The standard InChI is InChI=1S/C10H14BrN3O2/c1-5-8(11)9(14-13-5)10(16)12-6-2-3-7(15)4-6/h6-7,15H,2-4H2,1H3,(H,12,16)(H,13,14)/t6-,7+/m1/s1. The molecular formula is C10H14BrN3O2. The van der Waals surface area contributed by atoms with Crippen molar-refractivity contribution in [1.29, 1.82) is 0 Å². The van der Waals surface area contributed by atoms with E-state index in [1.807, 2.05) is 6.92 Å². The summed E-state index contributed by atoms with van der Waals surface area (Å²) in [4.78, 5) is 11.8. The Hall–Kier alpha value is -0.880. The molecule has 1 heterocycles. The predicted octanol–water partition coefficient (Wildman–Crippen LogP) is 1.12. The highest BCUT2D eigenvalue weighted by Gasteiger charge is 2.26. The average molecular weight is 288 g/mol. The second kappa shape index (κ2) is 4.55. The van der Waals surface area contributed by atoms with Crippen LogP contribution in [0.3, 0.4) is 0 Å². The number of carbonyl (C=O) groups excluding carboxylic acids is 1. The molecule has 1 aromatic rings. The van der Waals surface area contributed by atoms with Gasteiger partial charge in [0.05, 0.1) is 10.6 Å². The number of aliphatic hydroxyl groups excluding tert-OH is 1. The zero-order valence-electron chi connectivity index (χ0n) is 8.96. The molecule has 16 heavy (non-hydrogen) atoms. The molecule has 0 saturated heterocycles. The van der Waals surface area contributed by atoms with Gasteiger partial charge in [0.2, 0.25) is 0 Å². The second-order valence-electron chi connectivity index (χ2n) is 4.15. The maximum atomic E-state index is 11.8. The minimum atomic E-state index is -0.283. The van der Waals surface area contributed by atoms with Gasteiger partial charge in [-0.2, -0.15) is 5.10 Å². The Labute approximate surface area is 102 Å². The van der Waals surface area contributed by atoms with Crippen molar-refractivity contribution < 1.29 is 9.90 Å². The number of aliphatic hydroxyl groups is 1. The molecule has 1 aliphatic rings. The van der Waals surface area contributed by atoms with Gasteiger partial charge < -0.3 is 10.4 Å². The van der Waals surface area contributed by atoms with E-state index in [4.69, 9.17) is 0 Å². The van der Waals surface area contributed by atoms with Gasteiger partial charge in [-0.3, -0.25) is 9.89 Å². The van der Waals surface area contributed by atoms with Gasteiger partial charge in [0.15, 0.2) is 5.69 Å². The quantitative estimate of drug-likeness (QED) is 0.763. The van der Waals surface area contributed by atoms with Crippen molar-refractivity contribution in [3.63, 3.8) is 0 Å². The number of H-pyrrole nitrogens is 1. The number of nitrogens with zero attached hydrogens (tertiary/aromatic N) is 1. The van der Waals surface area contributed by atoms with E-state index in [1.54, 1.807) is 0 Å². The number of rotatable bonds is 2. The first kappa shape index (κ1) is 11.6. The fourth-order valence-corrected chi connectivity index (χ4v) is 2.27. The fraction of sp³-hybridized carbons (Fsp3) is 0.600. The first-order chi connectivity index (χ1) is 7.58. The number of aromatic nitrogens is 2. The highest BCUT2D eigenvalue weighted by atomic mass is 79.9. The third-order valence-electron chi connectivity index (χ3n) is 2.83. The van der Waals surface area contributed by atoms with Gasteiger partial charge in [0.25, 0.3) is 5.91 Å². The number of halogens is 1. The van der Waals surface area contributed by atoms with Gasteiger partial charge in [0.1, 0.15) is 0 Å². The van der Waals surface area contributed by atoms with Crippen LogP contribution in [0.5, 0.6) is 0 Å². The summed E-state index contributed by atoms with van der Waals surface area (Å²) in [6.45, 7) is 1.84. The van der Waals surface area contributed by atoms with Gasteiger partial charge in [-0.05, 0) is 42.1 Å². The van der Waals surface area contributed by atoms with Crippen LogP contribution in [0.1, 0.15) is 35.4 Å². The van der Waals surface area contributed by atoms with Crippen LogP contribution in [-0.2, 0) is 0 Å². The Morgan fingerprint density at radius 2 is 2.38 bits per heavy atom. The van der Waals surface area contributed by atoms with Gasteiger partial charge in [-0.1, -0.05) is 0 Å². The Kier molecular flexibility index (Phi) is 3.30. The van der Waals surface area contributed by atoms with Crippen molar-refractivity contribution in [2.24, 2.45) is 0 Å². The number of hydrogen-bond donors (Lipinski definition) is 3. The Bertz CT molecular complexity index is 405. The van der Waals surface area contributed by atoms with Crippen molar-refractivity contribution in [3.8, 4) is 0 Å². The van der Waals surface area contributed by atoms with E-state index >= 15 is 0 Å². The second-order valence-corrected chi connectivity index (χ2v) is 4.94. The smallest absolute Gasteiger partial charge is 0.273 e. The molecule has 1 fully saturated rings. The lowest BCUT2D eigenvalue weighted by Crippen LogP contribution is -2.33. The Morgan fingerprint density at radius 1 is 1.62 bits per heavy atom. The molecule has 0 radical (unpaired) electrons. The van der Waals surface area contributed by atoms with E-state index in [-0.39, 0.29) is 18.1 Å². The number of aromatic amines is 1. The van der Waals surface area contributed by atoms with E-state index < -0.39 is 0 Å². The summed E-state index contributed by atoms with van der Waals surface area (Å²) >= 11 is 3.31. The topological polar surface area (TPSA) is 78.0 Å². The zero-order valence-corrected chi connectivity index (χ0v) is 10.5. The Balaban J connectivity index is 2.01. The van der Waals surface area contributed by atoms with E-state index in [9.17, 15) is 9.90 Å². The SMILES string of the molecule is Cc1[nH]nc(C(=O)N[C@@H]2CC[C@H](O)C2)c1Br. The molecule has 1 amide bonds. The first-order valence-corrected chi connectivity index (χ1v) is 6.06. The van der Waals surface area contributed by atoms with Crippen LogP contribution in [0.4, 0.5) is 0 Å². The molecule has 0 bridgehead atoms. The lowest BCUT2D eigenvalue weighted by Gasteiger charge is -2.10. The normalized spacial score (nSPS) is 24.7. The summed E-state index contributed by atoms with van der Waals surface area (Å²) in [5, 5.41) is 18.9. The van der Waals surface area contributed by atoms with Crippen molar-refractivity contribution in [2.45, 2.75) is 38.3 Å². The largest absolute Gasteiger partial charge is 0.393 e. The maximum absolute atomic E-state index is 11.8. The van der Waals surface area contributed by atoms with Crippen LogP contribution in [0.15, 0.2) is 4.47 Å². The first-order valence-electron chi connectivity index (χ1n) is 5.27. The molecule has 1 aliphatic carbocycles. The molecule has 5 nitrogen and oxygen atoms in total. The number of carbonyl (C=O) groups is 1. The minimum Gasteiger partial charge on any atom is -0.393 e. The lowest BCUT2D eigenvalue weighted by molar-refractivity contribution is 0.0928. The molecule has 0 spiro atoms. The summed E-state index contributed by atoms with van der Waals surface area (Å²) in [5.41, 5.74) is 1.20. The van der Waals surface area contributed by atoms with Crippen LogP contribution in [0.25, 0.3) is 0 Å². The third kappa shape index (κ3) is 2.27. The lowest BCUT2D eigenvalue weighted by atomic mass is 10.2. The molecule has 0 unspecified atom stereocenters. The molecular weight excluding hydrogens is 274 g/mol. The average Bonchev–Trinajstić information content (AvgIpc) is 2.76. The molecule has 0 aliphatic heterocycles. The molecule has 1 saturated carbocycles. The molecule has 3 N–H and O–H groups in total. The Morgan fingerprint density at radius 3 is 2.88 bits per heavy atom. The number of amides is 1. The van der Waals surface area contributed by atoms with Crippen molar-refractivity contribution in [1.82, 2.24) is 15.5 Å². The highest BCUT2D eigenvalue weighted by molar-refractivity contribution is 9.10. The van der Waals surface area contributed by atoms with Gasteiger partial charge in [-0.25, -0.2) is 0 Å². The zero-order chi connectivity index (χ0) is 11.7. The van der Waals surface area contributed by atoms with E-state index in [1.165, 1.54) is 0 Å². The fourth-order valence-electron chi connectivity index (χ4n) is 1.91. The summed E-state index contributed by atoms with van der Waals surface area (Å²) < 4.78 is 0.698. The molecule has 2 atom stereocenters. The van der Waals surface area contributed by atoms with Crippen molar-refractivity contribution in [2.75, 3.05) is 0 Å². The van der Waals surface area contributed by atoms with Crippen molar-refractivity contribution in [3.05, 3.63) is 15.9 Å². The summed E-state index contributed by atoms with van der Waals surface area (Å²) in [7, 11) is 0. The van der Waals surface area contributed by atoms with Crippen LogP contribution in [-0.4, -0.2) is 33.4 Å². The third-order valence-corrected chi connectivity index (χ3v) is 3.80. The van der Waals surface area contributed by atoms with Crippen LogP contribution in [0, 0.1) is 6.92 Å². The van der Waals surface area contributed by atoms with Gasteiger partial charge in [0, 0.05) is 11.7 Å². The molecule has 6 heteroatoms. The maximum Gasteiger partial charge on any atom is 0.273 e. The molecule has 2 rings (SSSR count). The molecule has 88 valence electrons. The van der Waals surface area contributed by atoms with Gasteiger partial charge in [-0.15, -0.1) is 0 Å². The summed E-state index contributed by atoms with van der Waals surface area (Å²) in [5.74, 6) is -0.199. The van der Waals surface area contributed by atoms with Crippen LogP contribution < -0.4 is 5.32 Å². The van der Waals surface area contributed by atoms with Crippen molar-refractivity contribution >= 4 is 21.8 Å². The molecule has 0 aromatic carbocycles. The highest BCUT2D eigenvalue weighted by Crippen LogP contribution is 2.21. The van der Waals surface area contributed by atoms with Gasteiger partial charge >= 0.3 is 0 Å². The van der Waals surface area contributed by atoms with E-state index in [0.29, 0.717) is 16.6 Å². The summed E-state index contributed by atoms with van der Waals surface area (Å²) in [6, 6.07) is 0.0615. The number of nitrogens with one attached hydrogen (secondary N) is 2. The van der Waals surface area contributed by atoms with E-state index in [0.717, 1.165) is 18.5 Å². The summed E-state index contributed by atoms with van der Waals surface area (Å²) in [6.07, 6.45) is 1.93. The van der Waals surface area contributed by atoms with E-state index in [2.05, 4.69) is 31.4 Å². The minimum absolute atomic E-state index is 0.0615. The molecule has 1 aromatic heterocycles.